The van der Waals surface area contributed by atoms with Gasteiger partial charge >= 0.3 is 0 Å². The maximum Gasteiger partial charge on any atom is 0.245 e. The van der Waals surface area contributed by atoms with Crippen LogP contribution in [0.25, 0.3) is 34.1 Å². The molecule has 10 heteroatoms. The second-order valence-electron chi connectivity index (χ2n) is 12.2. The van der Waals surface area contributed by atoms with E-state index < -0.39 is 0 Å². The molecule has 2 fully saturated rings. The highest BCUT2D eigenvalue weighted by molar-refractivity contribution is 5.87. The van der Waals surface area contributed by atoms with Crippen molar-refractivity contribution in [2.24, 2.45) is 11.8 Å². The molecule has 3 aliphatic rings. The Morgan fingerprint density at radius 2 is 1.89 bits per heavy atom. The lowest BCUT2D eigenvalue weighted by atomic mass is 9.73. The van der Waals surface area contributed by atoms with Gasteiger partial charge in [0.05, 0.1) is 5.56 Å². The van der Waals surface area contributed by atoms with Crippen molar-refractivity contribution >= 4 is 22.9 Å². The van der Waals surface area contributed by atoms with Gasteiger partial charge in [0.2, 0.25) is 5.91 Å². The average molecular weight is 586 g/mol. The molecule has 44 heavy (non-hydrogen) atoms. The fourth-order valence-corrected chi connectivity index (χ4v) is 7.68. The number of rotatable bonds is 6. The number of carbonyl (C=O) groups is 1. The van der Waals surface area contributed by atoms with E-state index in [1.54, 1.807) is 17.1 Å². The number of aromatic nitrogens is 6. The Hall–Kier alpha value is -4.83. The first kappa shape index (κ1) is 26.8. The summed E-state index contributed by atoms with van der Waals surface area (Å²) in [5.74, 6) is 2.87. The van der Waals surface area contributed by atoms with Crippen LogP contribution in [0.2, 0.25) is 0 Å². The molecule has 1 aromatic carbocycles. The first-order valence-electron chi connectivity index (χ1n) is 15.5. The molecule has 8 rings (SSSR count). The van der Waals surface area contributed by atoms with E-state index in [1.165, 1.54) is 23.6 Å². The first-order valence-corrected chi connectivity index (χ1v) is 15.5. The molecule has 0 spiro atoms. The predicted molar refractivity (Wildman–Crippen MR) is 169 cm³/mol. The van der Waals surface area contributed by atoms with Gasteiger partial charge in [0.25, 0.3) is 0 Å². The summed E-state index contributed by atoms with van der Waals surface area (Å²) in [7, 11) is 0. The minimum absolute atomic E-state index is 0.0600. The van der Waals surface area contributed by atoms with Crippen LogP contribution >= 0.6 is 0 Å². The largest absolute Gasteiger partial charge is 0.383 e. The highest BCUT2D eigenvalue weighted by Gasteiger charge is 2.42. The third-order valence-electron chi connectivity index (χ3n) is 9.73. The Morgan fingerprint density at radius 3 is 2.66 bits per heavy atom. The van der Waals surface area contributed by atoms with Crippen molar-refractivity contribution < 1.29 is 4.79 Å². The summed E-state index contributed by atoms with van der Waals surface area (Å²) in [6, 6.07) is 17.1. The Morgan fingerprint density at radius 1 is 1.02 bits per heavy atom. The molecule has 5 heterocycles. The summed E-state index contributed by atoms with van der Waals surface area (Å²) in [6.45, 7) is 5.35. The number of imidazole rings is 1. The number of hydrogen-bond donors (Lipinski definition) is 2. The van der Waals surface area contributed by atoms with E-state index in [-0.39, 0.29) is 5.91 Å². The van der Waals surface area contributed by atoms with Crippen molar-refractivity contribution in [3.05, 3.63) is 90.9 Å². The maximum atomic E-state index is 12.4. The van der Waals surface area contributed by atoms with Gasteiger partial charge in [0.1, 0.15) is 11.3 Å². The number of hydrogen-bond acceptors (Lipinski definition) is 7. The monoisotopic (exact) mass is 585 g/mol. The number of nitrogens with zero attached hydrogens (tertiary/aromatic N) is 7. The van der Waals surface area contributed by atoms with Gasteiger partial charge in [-0.1, -0.05) is 19.1 Å². The highest BCUT2D eigenvalue weighted by Crippen LogP contribution is 2.40. The zero-order valence-electron chi connectivity index (χ0n) is 24.5. The normalized spacial score (nSPS) is 22.7. The van der Waals surface area contributed by atoms with Crippen LogP contribution in [0.1, 0.15) is 42.9 Å². The number of carbonyl (C=O) groups excluding carboxylic acids is 1. The van der Waals surface area contributed by atoms with Crippen molar-refractivity contribution in [2.45, 2.75) is 44.2 Å². The third kappa shape index (κ3) is 4.48. The van der Waals surface area contributed by atoms with Crippen LogP contribution in [0.3, 0.4) is 0 Å². The Kier molecular flexibility index (Phi) is 6.52. The SMILES string of the molecule is C=CC(=O)N1C[C@H]2CCC[C@@H](C1)C2N[C@H]1CCc2cc(-n3c(-c4cccnc4N)nc4ccc(-n5cccn5)nc43)ccc21. The van der Waals surface area contributed by atoms with E-state index in [4.69, 9.17) is 15.7 Å². The number of pyridine rings is 2. The number of amides is 1. The Balaban J connectivity index is 1.15. The van der Waals surface area contributed by atoms with Crippen molar-refractivity contribution in [3.63, 3.8) is 0 Å². The van der Waals surface area contributed by atoms with Crippen LogP contribution < -0.4 is 11.1 Å². The van der Waals surface area contributed by atoms with E-state index in [9.17, 15) is 4.79 Å². The van der Waals surface area contributed by atoms with Gasteiger partial charge in [-0.3, -0.25) is 9.36 Å². The number of fused-ring (bicyclic) bond motifs is 4. The number of nitrogen functional groups attached to an aromatic ring is 1. The van der Waals surface area contributed by atoms with Gasteiger partial charge in [0.15, 0.2) is 17.3 Å². The lowest BCUT2D eigenvalue weighted by molar-refractivity contribution is -0.130. The highest BCUT2D eigenvalue weighted by atomic mass is 16.2. The Bertz CT molecular complexity index is 1860. The average Bonchev–Trinajstić information content (AvgIpc) is 3.79. The topological polar surface area (TPSA) is 120 Å². The lowest BCUT2D eigenvalue weighted by Crippen LogP contribution is -2.58. The second kappa shape index (κ2) is 10.7. The van der Waals surface area contributed by atoms with Gasteiger partial charge in [-0.15, -0.1) is 0 Å². The molecule has 222 valence electrons. The van der Waals surface area contributed by atoms with Gasteiger partial charge < -0.3 is 16.0 Å². The van der Waals surface area contributed by atoms with Crippen molar-refractivity contribution in [2.75, 3.05) is 18.8 Å². The molecule has 1 amide bonds. The van der Waals surface area contributed by atoms with E-state index in [0.29, 0.717) is 41.4 Å². The van der Waals surface area contributed by atoms with Gasteiger partial charge in [-0.2, -0.15) is 5.10 Å². The minimum Gasteiger partial charge on any atom is -0.383 e. The molecule has 1 saturated heterocycles. The van der Waals surface area contributed by atoms with Gasteiger partial charge in [-0.05, 0) is 97.2 Å². The van der Waals surface area contributed by atoms with Crippen LogP contribution in [0.15, 0.2) is 79.8 Å². The van der Waals surface area contributed by atoms with Crippen molar-refractivity contribution in [1.82, 2.24) is 39.5 Å². The zero-order chi connectivity index (χ0) is 29.8. The molecular formula is C34H35N9O. The van der Waals surface area contributed by atoms with E-state index in [0.717, 1.165) is 61.2 Å². The number of aryl methyl sites for hydroxylation is 1. The molecule has 0 radical (unpaired) electrons. The summed E-state index contributed by atoms with van der Waals surface area (Å²) in [6.07, 6.45) is 12.4. The van der Waals surface area contributed by atoms with Gasteiger partial charge in [0, 0.05) is 49.5 Å². The molecule has 5 aromatic rings. The zero-order valence-corrected chi connectivity index (χ0v) is 24.5. The molecule has 4 atom stereocenters. The minimum atomic E-state index is 0.0600. The fraction of sp³-hybridized carbons (Fsp3) is 0.324. The van der Waals surface area contributed by atoms with Crippen LogP contribution in [0, 0.1) is 11.8 Å². The van der Waals surface area contributed by atoms with E-state index in [1.807, 2.05) is 41.4 Å². The Labute approximate surface area is 255 Å². The number of anilines is 1. The summed E-state index contributed by atoms with van der Waals surface area (Å²) in [4.78, 5) is 28.7. The van der Waals surface area contributed by atoms with Crippen LogP contribution in [0.4, 0.5) is 5.82 Å². The standard InChI is InChI=1S/C34H35N9O/c1-2-30(44)41-19-22-6-3-7-23(20-41)31(22)38-27-12-9-21-18-24(10-11-25(21)27)43-33(26-8-4-15-36-32(26)35)39-28-13-14-29(40-34(28)43)42-17-5-16-37-42/h2,4-5,8,10-11,13-18,22-23,27,31,38H,1,3,6-7,9,12,19-20H2,(H2,35,36)/t22-,23+,27-,31?/m0/s1. The molecule has 1 unspecified atom stereocenters. The molecular weight excluding hydrogens is 550 g/mol. The number of piperidine rings is 1. The number of nitrogens with two attached hydrogens (primary N) is 1. The van der Waals surface area contributed by atoms with Crippen LogP contribution in [-0.2, 0) is 11.2 Å². The maximum absolute atomic E-state index is 12.4. The molecule has 3 N–H and O–H groups in total. The van der Waals surface area contributed by atoms with Crippen molar-refractivity contribution in [3.8, 4) is 22.9 Å². The third-order valence-corrected chi connectivity index (χ3v) is 9.73. The van der Waals surface area contributed by atoms with Crippen LogP contribution in [-0.4, -0.2) is 59.2 Å². The summed E-state index contributed by atoms with van der Waals surface area (Å²) in [5, 5.41) is 8.46. The number of nitrogens with one attached hydrogen (secondary N) is 1. The smallest absolute Gasteiger partial charge is 0.245 e. The molecule has 2 aliphatic carbocycles. The molecule has 2 bridgehead atoms. The first-order chi connectivity index (χ1) is 21.6. The van der Waals surface area contributed by atoms with Crippen molar-refractivity contribution in [1.29, 1.82) is 0 Å². The summed E-state index contributed by atoms with van der Waals surface area (Å²) >= 11 is 0. The lowest BCUT2D eigenvalue weighted by Gasteiger charge is -2.48. The second-order valence-corrected chi connectivity index (χ2v) is 12.2. The molecule has 4 aromatic heterocycles. The fourth-order valence-electron chi connectivity index (χ4n) is 7.68. The van der Waals surface area contributed by atoms with E-state index in [2.05, 4.69) is 44.7 Å². The molecule has 1 saturated carbocycles. The quantitative estimate of drug-likeness (QED) is 0.279. The van der Waals surface area contributed by atoms with Gasteiger partial charge in [-0.25, -0.2) is 19.6 Å². The summed E-state index contributed by atoms with van der Waals surface area (Å²) in [5.41, 5.74) is 12.3. The predicted octanol–water partition coefficient (Wildman–Crippen LogP) is 4.64. The molecule has 10 nitrogen and oxygen atoms in total. The summed E-state index contributed by atoms with van der Waals surface area (Å²) < 4.78 is 3.84. The van der Waals surface area contributed by atoms with Crippen LogP contribution in [0.5, 0.6) is 0 Å². The number of benzene rings is 1. The van der Waals surface area contributed by atoms with E-state index >= 15 is 0 Å². The number of likely N-dealkylation sites (tertiary alicyclic amines) is 1. The molecule has 1 aliphatic heterocycles.